The van der Waals surface area contributed by atoms with Crippen molar-refractivity contribution in [3.05, 3.63) is 23.8 Å². The van der Waals surface area contributed by atoms with E-state index in [2.05, 4.69) is 19.2 Å². The predicted molar refractivity (Wildman–Crippen MR) is 76.8 cm³/mol. The molecule has 0 aliphatic rings. The van der Waals surface area contributed by atoms with Crippen LogP contribution >= 0.6 is 0 Å². The van der Waals surface area contributed by atoms with Gasteiger partial charge in [0.2, 0.25) is 0 Å². The molecule has 0 radical (unpaired) electrons. The summed E-state index contributed by atoms with van der Waals surface area (Å²) in [5.41, 5.74) is 1.16. The van der Waals surface area contributed by atoms with Crippen LogP contribution in [-0.2, 0) is 0 Å². The first-order chi connectivity index (χ1) is 9.12. The van der Waals surface area contributed by atoms with Crippen molar-refractivity contribution in [1.82, 2.24) is 5.32 Å². The summed E-state index contributed by atoms with van der Waals surface area (Å²) in [6.45, 7) is 5.38. The van der Waals surface area contributed by atoms with E-state index in [-0.39, 0.29) is 12.6 Å². The lowest BCUT2D eigenvalue weighted by Gasteiger charge is -2.19. The van der Waals surface area contributed by atoms with Crippen LogP contribution in [0.15, 0.2) is 18.2 Å². The molecule has 1 aromatic rings. The van der Waals surface area contributed by atoms with Crippen LogP contribution in [0.2, 0.25) is 0 Å². The molecule has 0 amide bonds. The maximum Gasteiger partial charge on any atom is 0.161 e. The molecule has 2 N–H and O–H groups in total. The highest BCUT2D eigenvalue weighted by Crippen LogP contribution is 2.29. The van der Waals surface area contributed by atoms with Gasteiger partial charge in [-0.05, 0) is 43.5 Å². The molecule has 0 fully saturated rings. The number of benzene rings is 1. The highest BCUT2D eigenvalue weighted by molar-refractivity contribution is 5.43. The minimum absolute atomic E-state index is 0.237. The van der Waals surface area contributed by atoms with E-state index in [0.717, 1.165) is 30.0 Å². The van der Waals surface area contributed by atoms with Crippen LogP contribution in [-0.4, -0.2) is 32.5 Å². The Labute approximate surface area is 115 Å². The van der Waals surface area contributed by atoms with Gasteiger partial charge in [0.1, 0.15) is 0 Å². The zero-order valence-electron chi connectivity index (χ0n) is 12.3. The van der Waals surface area contributed by atoms with Gasteiger partial charge in [-0.15, -0.1) is 0 Å². The highest BCUT2D eigenvalue weighted by Gasteiger charge is 2.11. The Morgan fingerprint density at radius 3 is 2.42 bits per heavy atom. The molecule has 0 aliphatic carbocycles. The number of hydrogen-bond acceptors (Lipinski definition) is 4. The Bertz CT molecular complexity index is 382. The molecule has 0 heterocycles. The number of aliphatic hydroxyl groups is 1. The smallest absolute Gasteiger partial charge is 0.161 e. The number of ether oxygens (including phenoxy) is 2. The molecule has 108 valence electrons. The van der Waals surface area contributed by atoms with Crippen LogP contribution in [0.25, 0.3) is 0 Å². The first kappa shape index (κ1) is 15.8. The molecule has 2 unspecified atom stereocenters. The lowest BCUT2D eigenvalue weighted by atomic mass is 10.1. The van der Waals surface area contributed by atoms with Crippen molar-refractivity contribution in [2.45, 2.75) is 26.3 Å². The van der Waals surface area contributed by atoms with Crippen molar-refractivity contribution in [3.63, 3.8) is 0 Å². The summed E-state index contributed by atoms with van der Waals surface area (Å²) in [7, 11) is 3.28. The van der Waals surface area contributed by atoms with Gasteiger partial charge in [-0.25, -0.2) is 0 Å². The molecule has 4 nitrogen and oxygen atoms in total. The molecule has 0 spiro atoms. The molecule has 0 saturated heterocycles. The third-order valence-electron chi connectivity index (χ3n) is 3.30. The van der Waals surface area contributed by atoms with Crippen LogP contribution in [0.3, 0.4) is 0 Å². The highest BCUT2D eigenvalue weighted by atomic mass is 16.5. The standard InChI is InChI=1S/C15H25NO3/c1-11(7-8-17)10-16-12(2)13-5-6-14(18-3)15(9-13)19-4/h5-6,9,11-12,16-17H,7-8,10H2,1-4H3. The van der Waals surface area contributed by atoms with E-state index < -0.39 is 0 Å². The molecule has 0 aliphatic heterocycles. The normalized spacial score (nSPS) is 13.9. The van der Waals surface area contributed by atoms with E-state index in [9.17, 15) is 0 Å². The SMILES string of the molecule is COc1ccc(C(C)NCC(C)CCO)cc1OC. The summed E-state index contributed by atoms with van der Waals surface area (Å²) in [6, 6.07) is 6.19. The average molecular weight is 267 g/mol. The maximum absolute atomic E-state index is 8.89. The number of nitrogens with one attached hydrogen (secondary N) is 1. The molecule has 1 rings (SSSR count). The lowest BCUT2D eigenvalue weighted by molar-refractivity contribution is 0.258. The lowest BCUT2D eigenvalue weighted by Crippen LogP contribution is -2.25. The molecular formula is C15H25NO3. The molecule has 0 aromatic heterocycles. The fourth-order valence-corrected chi connectivity index (χ4v) is 1.94. The van der Waals surface area contributed by atoms with Gasteiger partial charge in [0.05, 0.1) is 14.2 Å². The minimum Gasteiger partial charge on any atom is -0.493 e. The van der Waals surface area contributed by atoms with Crippen molar-refractivity contribution in [2.75, 3.05) is 27.4 Å². The fraction of sp³-hybridized carbons (Fsp3) is 0.600. The van der Waals surface area contributed by atoms with Gasteiger partial charge in [0.25, 0.3) is 0 Å². The Morgan fingerprint density at radius 1 is 1.16 bits per heavy atom. The van der Waals surface area contributed by atoms with Gasteiger partial charge in [-0.2, -0.15) is 0 Å². The van der Waals surface area contributed by atoms with Crippen LogP contribution < -0.4 is 14.8 Å². The Hall–Kier alpha value is -1.26. The third-order valence-corrected chi connectivity index (χ3v) is 3.30. The van der Waals surface area contributed by atoms with Gasteiger partial charge in [-0.3, -0.25) is 0 Å². The molecule has 19 heavy (non-hydrogen) atoms. The van der Waals surface area contributed by atoms with E-state index in [0.29, 0.717) is 5.92 Å². The second-order valence-electron chi connectivity index (χ2n) is 4.86. The summed E-state index contributed by atoms with van der Waals surface area (Å²) < 4.78 is 10.5. The van der Waals surface area contributed by atoms with Crippen molar-refractivity contribution in [2.24, 2.45) is 5.92 Å². The number of aliphatic hydroxyl groups excluding tert-OH is 1. The van der Waals surface area contributed by atoms with Gasteiger partial charge >= 0.3 is 0 Å². The largest absolute Gasteiger partial charge is 0.493 e. The summed E-state index contributed by atoms with van der Waals surface area (Å²) >= 11 is 0. The maximum atomic E-state index is 8.89. The second-order valence-corrected chi connectivity index (χ2v) is 4.86. The zero-order valence-corrected chi connectivity index (χ0v) is 12.3. The van der Waals surface area contributed by atoms with E-state index in [1.807, 2.05) is 18.2 Å². The van der Waals surface area contributed by atoms with Crippen LogP contribution in [0.4, 0.5) is 0 Å². The summed E-state index contributed by atoms with van der Waals surface area (Å²) in [5.74, 6) is 1.96. The third kappa shape index (κ3) is 4.73. The summed E-state index contributed by atoms with van der Waals surface area (Å²) in [5, 5.41) is 12.4. The van der Waals surface area contributed by atoms with Crippen molar-refractivity contribution < 1.29 is 14.6 Å². The Morgan fingerprint density at radius 2 is 1.84 bits per heavy atom. The van der Waals surface area contributed by atoms with Crippen molar-refractivity contribution >= 4 is 0 Å². The van der Waals surface area contributed by atoms with E-state index in [1.54, 1.807) is 14.2 Å². The summed E-state index contributed by atoms with van der Waals surface area (Å²) in [4.78, 5) is 0. The van der Waals surface area contributed by atoms with Gasteiger partial charge in [0, 0.05) is 12.6 Å². The second kappa shape index (κ2) is 8.02. The van der Waals surface area contributed by atoms with E-state index in [1.165, 1.54) is 0 Å². The molecule has 2 atom stereocenters. The van der Waals surface area contributed by atoms with Crippen LogP contribution in [0, 0.1) is 5.92 Å². The summed E-state index contributed by atoms with van der Waals surface area (Å²) in [6.07, 6.45) is 0.825. The first-order valence-corrected chi connectivity index (χ1v) is 6.68. The number of methoxy groups -OCH3 is 2. The molecule has 0 bridgehead atoms. The number of rotatable bonds is 8. The molecule has 1 aromatic carbocycles. The monoisotopic (exact) mass is 267 g/mol. The van der Waals surface area contributed by atoms with Crippen LogP contribution in [0.1, 0.15) is 31.9 Å². The van der Waals surface area contributed by atoms with Crippen molar-refractivity contribution in [1.29, 1.82) is 0 Å². The molecular weight excluding hydrogens is 242 g/mol. The Balaban J connectivity index is 2.64. The van der Waals surface area contributed by atoms with E-state index >= 15 is 0 Å². The van der Waals surface area contributed by atoms with Gasteiger partial charge < -0.3 is 19.9 Å². The van der Waals surface area contributed by atoms with Crippen molar-refractivity contribution in [3.8, 4) is 11.5 Å². The van der Waals surface area contributed by atoms with E-state index in [4.69, 9.17) is 14.6 Å². The minimum atomic E-state index is 0.237. The average Bonchev–Trinajstić information content (AvgIpc) is 2.44. The predicted octanol–water partition coefficient (Wildman–Crippen LogP) is 2.37. The first-order valence-electron chi connectivity index (χ1n) is 6.68. The Kier molecular flexibility index (Phi) is 6.67. The van der Waals surface area contributed by atoms with Crippen LogP contribution in [0.5, 0.6) is 11.5 Å². The topological polar surface area (TPSA) is 50.7 Å². The quantitative estimate of drug-likeness (QED) is 0.759. The fourth-order valence-electron chi connectivity index (χ4n) is 1.94. The van der Waals surface area contributed by atoms with Gasteiger partial charge in [0.15, 0.2) is 11.5 Å². The number of hydrogen-bond donors (Lipinski definition) is 2. The molecule has 0 saturated carbocycles. The van der Waals surface area contributed by atoms with Gasteiger partial charge in [-0.1, -0.05) is 13.0 Å². The molecule has 4 heteroatoms. The zero-order chi connectivity index (χ0) is 14.3.